The molecule has 14 aromatic rings. The minimum atomic E-state index is 0.378. The first-order chi connectivity index (χ1) is 40.6. The summed E-state index contributed by atoms with van der Waals surface area (Å²) in [4.78, 5) is 4.66. The summed E-state index contributed by atoms with van der Waals surface area (Å²) in [5, 5.41) is 7.51. The molecule has 0 spiro atoms. The molecule has 0 aliphatic heterocycles. The molecule has 2 aromatic heterocycles. The second-order valence-electron chi connectivity index (χ2n) is 22.6. The number of hydrogen-bond donors (Lipinski definition) is 0. The molecular formula is C79H67N3O. The van der Waals surface area contributed by atoms with E-state index in [0.717, 1.165) is 68.9 Å². The van der Waals surface area contributed by atoms with Crippen LogP contribution >= 0.6 is 0 Å². The molecule has 0 amide bonds. The van der Waals surface area contributed by atoms with Crippen molar-refractivity contribution in [3.05, 3.63) is 300 Å². The third kappa shape index (κ3) is 10.6. The van der Waals surface area contributed by atoms with E-state index in [-0.39, 0.29) is 0 Å². The average Bonchev–Trinajstić information content (AvgIpc) is 3.75. The molecule has 14 rings (SSSR count). The maximum atomic E-state index is 6.00. The lowest BCUT2D eigenvalue weighted by atomic mass is 9.89. The number of furan rings is 1. The molecule has 0 saturated carbocycles. The lowest BCUT2D eigenvalue weighted by Crippen LogP contribution is -2.09. The van der Waals surface area contributed by atoms with Gasteiger partial charge in [-0.25, -0.2) is 0 Å². The molecule has 0 aliphatic rings. The van der Waals surface area contributed by atoms with Crippen molar-refractivity contribution in [3.8, 4) is 22.3 Å². The monoisotopic (exact) mass is 1070 g/mol. The van der Waals surface area contributed by atoms with Gasteiger partial charge in [-0.3, -0.25) is 0 Å². The van der Waals surface area contributed by atoms with Crippen molar-refractivity contribution in [2.45, 2.75) is 60.4 Å². The number of para-hydroxylation sites is 3. The van der Waals surface area contributed by atoms with E-state index in [1.54, 1.807) is 0 Å². The quantitative estimate of drug-likeness (QED) is 0.122. The fraction of sp³-hybridized carbons (Fsp3) is 0.114. The molecule has 4 heteroatoms. The number of benzene rings is 12. The van der Waals surface area contributed by atoms with E-state index in [9.17, 15) is 0 Å². The Morgan fingerprint density at radius 3 is 1.46 bits per heavy atom. The Labute approximate surface area is 487 Å². The zero-order valence-corrected chi connectivity index (χ0v) is 48.1. The van der Waals surface area contributed by atoms with Crippen molar-refractivity contribution in [2.24, 2.45) is 0 Å². The van der Waals surface area contributed by atoms with Gasteiger partial charge in [-0.2, -0.15) is 0 Å². The Balaban J connectivity index is 0.000000166. The summed E-state index contributed by atoms with van der Waals surface area (Å²) >= 11 is 0. The second kappa shape index (κ2) is 22.6. The standard InChI is InChI=1S/C47H42N2.C32H25NO/c1-32(2)48-46-13-9-8-12-44(46)45-31-37(22-29-47(45)48)41-27-21-36-30-40(25-28-42(36)43(41)26-20-35-18-14-33(3)15-19-35)49(38-10-6-5-7-11-38)39-23-16-34(4)17-24-39;1-22-7-14-26(15-8-22)33(27-16-9-23(2)10-17-27)28-18-11-24(12-19-28)25-13-20-32-30(21-25)29-5-3-4-6-31(29)34-32/h5-19,21-25,27-32H,20,26H2,1-4H3;3-21H,1-2H3. The molecule has 0 N–H and O–H groups in total. The smallest absolute Gasteiger partial charge is 0.135 e. The molecule has 0 unspecified atom stereocenters. The zero-order valence-electron chi connectivity index (χ0n) is 48.1. The zero-order chi connectivity index (χ0) is 56.6. The van der Waals surface area contributed by atoms with E-state index >= 15 is 0 Å². The Morgan fingerprint density at radius 1 is 0.337 bits per heavy atom. The van der Waals surface area contributed by atoms with Crippen molar-refractivity contribution in [1.29, 1.82) is 0 Å². The Kier molecular flexibility index (Phi) is 14.3. The maximum Gasteiger partial charge on any atom is 0.135 e. The van der Waals surface area contributed by atoms with E-state index in [0.29, 0.717) is 6.04 Å². The molecule has 0 fully saturated rings. The summed E-state index contributed by atoms with van der Waals surface area (Å²) in [6.07, 6.45) is 1.95. The molecule has 0 radical (unpaired) electrons. The highest BCUT2D eigenvalue weighted by molar-refractivity contribution is 6.10. The van der Waals surface area contributed by atoms with Gasteiger partial charge in [-0.05, 0) is 208 Å². The molecule has 12 aromatic carbocycles. The van der Waals surface area contributed by atoms with E-state index in [1.165, 1.54) is 88.2 Å². The minimum absolute atomic E-state index is 0.378. The number of fused-ring (bicyclic) bond motifs is 7. The van der Waals surface area contributed by atoms with Crippen LogP contribution in [0, 0.1) is 27.7 Å². The van der Waals surface area contributed by atoms with Gasteiger partial charge in [-0.15, -0.1) is 0 Å². The van der Waals surface area contributed by atoms with Gasteiger partial charge < -0.3 is 18.8 Å². The Morgan fingerprint density at radius 2 is 0.819 bits per heavy atom. The van der Waals surface area contributed by atoms with Gasteiger partial charge >= 0.3 is 0 Å². The van der Waals surface area contributed by atoms with E-state index in [2.05, 4.69) is 311 Å². The van der Waals surface area contributed by atoms with Crippen molar-refractivity contribution < 1.29 is 4.42 Å². The first-order valence-corrected chi connectivity index (χ1v) is 29.1. The van der Waals surface area contributed by atoms with Gasteiger partial charge in [0, 0.05) is 72.7 Å². The predicted octanol–water partition coefficient (Wildman–Crippen LogP) is 22.4. The Bertz CT molecular complexity index is 4540. The van der Waals surface area contributed by atoms with Crippen molar-refractivity contribution in [1.82, 2.24) is 4.57 Å². The fourth-order valence-corrected chi connectivity index (χ4v) is 12.1. The third-order valence-electron chi connectivity index (χ3n) is 16.4. The molecule has 0 saturated heterocycles. The Hall–Kier alpha value is -9.90. The van der Waals surface area contributed by atoms with Crippen LogP contribution in [0.25, 0.3) is 76.8 Å². The largest absolute Gasteiger partial charge is 0.456 e. The van der Waals surface area contributed by atoms with Crippen LogP contribution in [0.3, 0.4) is 0 Å². The molecule has 2 heterocycles. The topological polar surface area (TPSA) is 24.6 Å². The van der Waals surface area contributed by atoms with Crippen LogP contribution in [0.5, 0.6) is 0 Å². The summed E-state index contributed by atoms with van der Waals surface area (Å²) in [5.74, 6) is 0. The highest BCUT2D eigenvalue weighted by atomic mass is 16.3. The molecule has 0 atom stereocenters. The molecule has 4 nitrogen and oxygen atoms in total. The van der Waals surface area contributed by atoms with Gasteiger partial charge in [0.25, 0.3) is 0 Å². The van der Waals surface area contributed by atoms with E-state index in [1.807, 2.05) is 12.1 Å². The van der Waals surface area contributed by atoms with Gasteiger partial charge in [0.15, 0.2) is 0 Å². The van der Waals surface area contributed by atoms with Crippen molar-refractivity contribution >= 4 is 88.6 Å². The number of hydrogen-bond acceptors (Lipinski definition) is 3. The molecule has 0 bridgehead atoms. The van der Waals surface area contributed by atoms with E-state index < -0.39 is 0 Å². The highest BCUT2D eigenvalue weighted by Gasteiger charge is 2.19. The SMILES string of the molecule is Cc1ccc(CCc2c(-c3ccc4c(c3)c3ccccc3n4C(C)C)ccc3cc(N(c4ccccc4)c4ccc(C)cc4)ccc23)cc1.Cc1ccc(N(c2ccc(C)cc2)c2ccc(-c3ccc4oc5ccccc5c4c3)cc2)cc1. The van der Waals surface area contributed by atoms with Crippen molar-refractivity contribution in [2.75, 3.05) is 9.80 Å². The van der Waals surface area contributed by atoms with Crippen molar-refractivity contribution in [3.63, 3.8) is 0 Å². The van der Waals surface area contributed by atoms with Crippen LogP contribution in [0.1, 0.15) is 53.3 Å². The highest BCUT2D eigenvalue weighted by Crippen LogP contribution is 2.42. The lowest BCUT2D eigenvalue weighted by Gasteiger charge is -2.26. The fourth-order valence-electron chi connectivity index (χ4n) is 12.1. The first-order valence-electron chi connectivity index (χ1n) is 29.1. The summed E-state index contributed by atoms with van der Waals surface area (Å²) in [5.41, 5.74) is 24.1. The van der Waals surface area contributed by atoms with E-state index in [4.69, 9.17) is 4.42 Å². The molecule has 83 heavy (non-hydrogen) atoms. The lowest BCUT2D eigenvalue weighted by molar-refractivity contribution is 0.642. The van der Waals surface area contributed by atoms with Crippen LogP contribution < -0.4 is 9.80 Å². The van der Waals surface area contributed by atoms with Crippen LogP contribution in [-0.4, -0.2) is 4.57 Å². The molecule has 0 aliphatic carbocycles. The van der Waals surface area contributed by atoms with Crippen LogP contribution in [-0.2, 0) is 12.8 Å². The number of nitrogens with zero attached hydrogens (tertiary/aromatic N) is 3. The molecular weight excluding hydrogens is 1010 g/mol. The minimum Gasteiger partial charge on any atom is -0.456 e. The van der Waals surface area contributed by atoms with Gasteiger partial charge in [0.2, 0.25) is 0 Å². The van der Waals surface area contributed by atoms with Crippen LogP contribution in [0.4, 0.5) is 34.1 Å². The van der Waals surface area contributed by atoms with Crippen LogP contribution in [0.15, 0.2) is 271 Å². The summed E-state index contributed by atoms with van der Waals surface area (Å²) in [7, 11) is 0. The van der Waals surface area contributed by atoms with Gasteiger partial charge in [0.05, 0.1) is 0 Å². The second-order valence-corrected chi connectivity index (χ2v) is 22.6. The van der Waals surface area contributed by atoms with Crippen LogP contribution in [0.2, 0.25) is 0 Å². The summed E-state index contributed by atoms with van der Waals surface area (Å²) in [6, 6.07) is 97.4. The number of anilines is 6. The summed E-state index contributed by atoms with van der Waals surface area (Å²) in [6.45, 7) is 13.1. The third-order valence-corrected chi connectivity index (χ3v) is 16.4. The first kappa shape index (κ1) is 52.5. The molecule has 404 valence electrons. The average molecular weight is 1070 g/mol. The maximum absolute atomic E-state index is 6.00. The number of aryl methyl sites for hydroxylation is 6. The summed E-state index contributed by atoms with van der Waals surface area (Å²) < 4.78 is 8.48. The van der Waals surface area contributed by atoms with Gasteiger partial charge in [0.1, 0.15) is 11.2 Å². The van der Waals surface area contributed by atoms with Gasteiger partial charge in [-0.1, -0.05) is 180 Å². The number of rotatable bonds is 12. The normalized spacial score (nSPS) is 11.5. The predicted molar refractivity (Wildman–Crippen MR) is 354 cm³/mol. The number of aromatic nitrogens is 1.